The second kappa shape index (κ2) is 12.8. The van der Waals surface area contributed by atoms with E-state index in [1.165, 1.54) is 16.2 Å². The van der Waals surface area contributed by atoms with E-state index in [4.69, 9.17) is 4.74 Å². The zero-order valence-corrected chi connectivity index (χ0v) is 20.8. The van der Waals surface area contributed by atoms with Crippen LogP contribution in [-0.4, -0.2) is 62.5 Å². The summed E-state index contributed by atoms with van der Waals surface area (Å²) in [6.07, 6.45) is 3.91. The van der Waals surface area contributed by atoms with E-state index in [1.54, 1.807) is 23.3 Å². The molecule has 3 rings (SSSR count). The van der Waals surface area contributed by atoms with Gasteiger partial charge in [-0.15, -0.1) is 22.7 Å². The third kappa shape index (κ3) is 7.36. The zero-order valence-electron chi connectivity index (χ0n) is 19.2. The van der Waals surface area contributed by atoms with Gasteiger partial charge in [0.2, 0.25) is 11.8 Å². The minimum atomic E-state index is -0.229. The fourth-order valence-electron chi connectivity index (χ4n) is 3.76. The Hall–Kier alpha value is -2.27. The number of thiophene rings is 2. The summed E-state index contributed by atoms with van der Waals surface area (Å²) in [6.45, 7) is 4.03. The van der Waals surface area contributed by atoms with Gasteiger partial charge in [-0.2, -0.15) is 0 Å². The van der Waals surface area contributed by atoms with Gasteiger partial charge in [-0.25, -0.2) is 0 Å². The van der Waals surface area contributed by atoms with Gasteiger partial charge in [0.25, 0.3) is 5.91 Å². The third-order valence-electron chi connectivity index (χ3n) is 5.46. The molecule has 0 aromatic carbocycles. The van der Waals surface area contributed by atoms with E-state index in [-0.39, 0.29) is 30.8 Å². The number of fused-ring (bicyclic) bond motifs is 1. The van der Waals surface area contributed by atoms with Crippen LogP contribution in [0.2, 0.25) is 0 Å². The Bertz CT molecular complexity index is 943. The van der Waals surface area contributed by atoms with Gasteiger partial charge < -0.3 is 20.7 Å². The van der Waals surface area contributed by atoms with Crippen molar-refractivity contribution in [2.24, 2.45) is 0 Å². The smallest absolute Gasteiger partial charge is 0.254 e. The van der Waals surface area contributed by atoms with Gasteiger partial charge >= 0.3 is 0 Å². The number of nitrogens with one attached hydrogen (secondary N) is 3. The van der Waals surface area contributed by atoms with Crippen LogP contribution in [0.3, 0.4) is 0 Å². The van der Waals surface area contributed by atoms with Crippen molar-refractivity contribution in [1.82, 2.24) is 15.5 Å². The third-order valence-corrected chi connectivity index (χ3v) is 7.55. The molecule has 3 amide bonds. The molecule has 0 saturated heterocycles. The average molecular weight is 493 g/mol. The molecule has 0 unspecified atom stereocenters. The van der Waals surface area contributed by atoms with Gasteiger partial charge in [0, 0.05) is 23.4 Å². The van der Waals surface area contributed by atoms with Gasteiger partial charge in [0.15, 0.2) is 0 Å². The Labute approximate surface area is 202 Å². The van der Waals surface area contributed by atoms with Crippen molar-refractivity contribution in [3.63, 3.8) is 0 Å². The number of carbonyl (C=O) groups is 3. The van der Waals surface area contributed by atoms with E-state index >= 15 is 0 Å². The quantitative estimate of drug-likeness (QED) is 0.396. The van der Waals surface area contributed by atoms with Crippen molar-refractivity contribution >= 4 is 45.4 Å². The molecule has 0 radical (unpaired) electrons. The van der Waals surface area contributed by atoms with Crippen molar-refractivity contribution < 1.29 is 19.1 Å². The van der Waals surface area contributed by atoms with Crippen LogP contribution < -0.4 is 16.0 Å². The number of likely N-dealkylation sites (N-methyl/N-ethyl adjacent to an activating group) is 1. The minimum Gasteiger partial charge on any atom is -0.383 e. The van der Waals surface area contributed by atoms with Crippen molar-refractivity contribution in [2.75, 3.05) is 45.2 Å². The first-order chi connectivity index (χ1) is 16.0. The monoisotopic (exact) mass is 492 g/mol. The predicted molar refractivity (Wildman–Crippen MR) is 132 cm³/mol. The number of hydrogen-bond donors (Lipinski definition) is 3. The average Bonchev–Trinajstić information content (AvgIpc) is 3.44. The van der Waals surface area contributed by atoms with Crippen LogP contribution in [0.15, 0.2) is 17.5 Å². The lowest BCUT2D eigenvalue weighted by atomic mass is 9.95. The number of ether oxygens (including phenoxy) is 1. The molecule has 33 heavy (non-hydrogen) atoms. The topological polar surface area (TPSA) is 99.8 Å². The molecule has 180 valence electrons. The van der Waals surface area contributed by atoms with E-state index in [9.17, 15) is 14.4 Å². The van der Waals surface area contributed by atoms with E-state index in [0.29, 0.717) is 36.8 Å². The predicted octanol–water partition coefficient (Wildman–Crippen LogP) is 2.64. The number of rotatable bonds is 12. The summed E-state index contributed by atoms with van der Waals surface area (Å²) in [5, 5.41) is 11.3. The van der Waals surface area contributed by atoms with E-state index in [0.717, 1.165) is 36.1 Å². The molecule has 1 aliphatic carbocycles. The molecule has 2 aromatic rings. The summed E-state index contributed by atoms with van der Waals surface area (Å²) >= 11 is 3.08. The van der Waals surface area contributed by atoms with Crippen LogP contribution in [-0.2, 0) is 33.7 Å². The normalized spacial score (nSPS) is 12.9. The molecule has 1 aliphatic rings. The number of methoxy groups -OCH3 is 1. The lowest BCUT2D eigenvalue weighted by Gasteiger charge is -2.19. The van der Waals surface area contributed by atoms with Crippen molar-refractivity contribution in [1.29, 1.82) is 0 Å². The molecule has 0 bridgehead atoms. The number of amides is 3. The molecule has 8 nitrogen and oxygen atoms in total. The lowest BCUT2D eigenvalue weighted by molar-refractivity contribution is -0.123. The van der Waals surface area contributed by atoms with Crippen LogP contribution in [0.1, 0.15) is 45.4 Å². The van der Waals surface area contributed by atoms with Gasteiger partial charge in [0.1, 0.15) is 5.00 Å². The SMILES string of the molecule is CCN(CC(=O)NCc1cccs1)CC(=O)Nc1sc2c(c1C(=O)NCCOC)CCCC2. The fraction of sp³-hybridized carbons (Fsp3) is 0.522. The molecule has 10 heteroatoms. The number of carbonyl (C=O) groups excluding carboxylic acids is 3. The summed E-state index contributed by atoms with van der Waals surface area (Å²) in [7, 11) is 1.59. The fourth-order valence-corrected chi connectivity index (χ4v) is 5.70. The Morgan fingerprint density at radius 2 is 1.91 bits per heavy atom. The number of aryl methyl sites for hydroxylation is 1. The molecule has 0 fully saturated rings. The van der Waals surface area contributed by atoms with Crippen LogP contribution in [0.25, 0.3) is 0 Å². The van der Waals surface area contributed by atoms with E-state index in [1.807, 2.05) is 24.4 Å². The summed E-state index contributed by atoms with van der Waals surface area (Å²) in [5.41, 5.74) is 1.63. The Kier molecular flexibility index (Phi) is 9.86. The highest BCUT2D eigenvalue weighted by Crippen LogP contribution is 2.38. The Morgan fingerprint density at radius 3 is 2.64 bits per heavy atom. The molecule has 0 aliphatic heterocycles. The summed E-state index contributed by atoms with van der Waals surface area (Å²) in [5.74, 6) is -0.530. The van der Waals surface area contributed by atoms with Crippen molar-refractivity contribution in [3.8, 4) is 0 Å². The number of nitrogens with zero attached hydrogens (tertiary/aromatic N) is 1. The largest absolute Gasteiger partial charge is 0.383 e. The van der Waals surface area contributed by atoms with Gasteiger partial charge in [-0.05, 0) is 49.2 Å². The van der Waals surface area contributed by atoms with E-state index < -0.39 is 0 Å². The van der Waals surface area contributed by atoms with Gasteiger partial charge in [0.05, 0.1) is 31.8 Å². The number of hydrogen-bond acceptors (Lipinski definition) is 7. The molecule has 2 heterocycles. The summed E-state index contributed by atoms with van der Waals surface area (Å²) in [4.78, 5) is 42.1. The number of anilines is 1. The van der Waals surface area contributed by atoms with Crippen molar-refractivity contribution in [3.05, 3.63) is 38.4 Å². The maximum atomic E-state index is 12.9. The second-order valence-electron chi connectivity index (χ2n) is 7.87. The van der Waals surface area contributed by atoms with Gasteiger partial charge in [-0.3, -0.25) is 19.3 Å². The molecule has 0 atom stereocenters. The molecule has 3 N–H and O–H groups in total. The van der Waals surface area contributed by atoms with Crippen LogP contribution >= 0.6 is 22.7 Å². The second-order valence-corrected chi connectivity index (χ2v) is 10.0. The minimum absolute atomic E-state index is 0.0796. The maximum absolute atomic E-state index is 12.9. The molecule has 0 saturated carbocycles. The highest BCUT2D eigenvalue weighted by Gasteiger charge is 2.26. The Balaban J connectivity index is 1.60. The van der Waals surface area contributed by atoms with Crippen LogP contribution in [0, 0.1) is 0 Å². The molecular formula is C23H32N4O4S2. The van der Waals surface area contributed by atoms with Crippen LogP contribution in [0.5, 0.6) is 0 Å². The van der Waals surface area contributed by atoms with Gasteiger partial charge in [-0.1, -0.05) is 13.0 Å². The summed E-state index contributed by atoms with van der Waals surface area (Å²) < 4.78 is 5.02. The first-order valence-electron chi connectivity index (χ1n) is 11.2. The molecular weight excluding hydrogens is 460 g/mol. The zero-order chi connectivity index (χ0) is 23.6. The standard InChI is InChI=1S/C23H32N4O4S2/c1-3-27(14-19(28)25-13-16-7-6-12-32-16)15-20(29)26-23-21(22(30)24-10-11-31-2)17-8-4-5-9-18(17)33-23/h6-7,12H,3-5,8-11,13-15H2,1-2H3,(H,24,30)(H,25,28)(H,26,29). The van der Waals surface area contributed by atoms with E-state index in [2.05, 4.69) is 16.0 Å². The van der Waals surface area contributed by atoms with Crippen molar-refractivity contribution in [2.45, 2.75) is 39.2 Å². The highest BCUT2D eigenvalue weighted by atomic mass is 32.1. The first-order valence-corrected chi connectivity index (χ1v) is 12.9. The van der Waals surface area contributed by atoms with Crippen LogP contribution in [0.4, 0.5) is 5.00 Å². The molecule has 2 aromatic heterocycles. The highest BCUT2D eigenvalue weighted by molar-refractivity contribution is 7.17. The lowest BCUT2D eigenvalue weighted by Crippen LogP contribution is -2.40. The molecule has 0 spiro atoms. The maximum Gasteiger partial charge on any atom is 0.254 e. The summed E-state index contributed by atoms with van der Waals surface area (Å²) in [6, 6.07) is 3.92. The first kappa shape index (κ1) is 25.4. The Morgan fingerprint density at radius 1 is 1.12 bits per heavy atom.